The summed E-state index contributed by atoms with van der Waals surface area (Å²) in [6.45, 7) is 4.20. The van der Waals surface area contributed by atoms with Crippen LogP contribution in [0.4, 0.5) is 17.2 Å². The van der Waals surface area contributed by atoms with Gasteiger partial charge in [0.05, 0.1) is 5.52 Å². The average Bonchev–Trinajstić information content (AvgIpc) is 3.34. The van der Waals surface area contributed by atoms with E-state index in [-0.39, 0.29) is 0 Å². The number of aromatic nitrogens is 6. The number of hydrogen-bond donors (Lipinski definition) is 1. The Bertz CT molecular complexity index is 1470. The van der Waals surface area contributed by atoms with Crippen LogP contribution in [-0.2, 0) is 0 Å². The van der Waals surface area contributed by atoms with Crippen molar-refractivity contribution in [1.29, 1.82) is 0 Å². The summed E-state index contributed by atoms with van der Waals surface area (Å²) in [5.41, 5.74) is 4.72. The molecule has 1 aliphatic heterocycles. The van der Waals surface area contributed by atoms with Crippen molar-refractivity contribution in [1.82, 2.24) is 29.5 Å². The van der Waals surface area contributed by atoms with E-state index in [2.05, 4.69) is 53.6 Å². The predicted molar refractivity (Wildman–Crippen MR) is 131 cm³/mol. The van der Waals surface area contributed by atoms with Crippen molar-refractivity contribution in [2.75, 3.05) is 23.3 Å². The number of anilines is 3. The number of rotatable bonds is 5. The monoisotopic (exact) mass is 452 g/mol. The highest BCUT2D eigenvalue weighted by Crippen LogP contribution is 2.31. The third-order valence-electron chi connectivity index (χ3n) is 6.16. The van der Waals surface area contributed by atoms with Gasteiger partial charge >= 0.3 is 0 Å². The number of aryl methyl sites for hydroxylation is 1. The normalized spacial score (nSPS) is 14.0. The van der Waals surface area contributed by atoms with E-state index >= 15 is 0 Å². The van der Waals surface area contributed by atoms with E-state index < -0.39 is 0 Å². The van der Waals surface area contributed by atoms with Crippen molar-refractivity contribution < 1.29 is 4.74 Å². The second-order valence-electron chi connectivity index (χ2n) is 8.50. The Morgan fingerprint density at radius 2 is 1.82 bits per heavy atom. The number of nitrogens with one attached hydrogen (secondary N) is 1. The maximum Gasteiger partial charge on any atom is 0.224 e. The first-order valence-electron chi connectivity index (χ1n) is 11.4. The number of hydrogen-bond acceptors (Lipinski definition) is 8. The number of nitrogens with zero attached hydrogens (tertiary/aromatic N) is 7. The smallest absolute Gasteiger partial charge is 0.224 e. The van der Waals surface area contributed by atoms with Crippen LogP contribution in [0.2, 0.25) is 0 Å². The van der Waals surface area contributed by atoms with Crippen LogP contribution in [0.5, 0.6) is 11.6 Å². The van der Waals surface area contributed by atoms with Crippen LogP contribution in [0.25, 0.3) is 16.6 Å². The summed E-state index contributed by atoms with van der Waals surface area (Å²) in [6.07, 6.45) is 8.62. The average molecular weight is 453 g/mol. The Hall–Kier alpha value is -4.27. The van der Waals surface area contributed by atoms with Gasteiger partial charge in [-0.25, -0.2) is 15.0 Å². The molecule has 1 aliphatic rings. The standard InChI is InChI=1S/C25H24N8O/c1-17-11-18(5-8-22(17)34-24-13-23-31-29-16-33(23)15-28-24)30-25-20-12-19(32-9-3-2-4-10-32)6-7-21(20)26-14-27-25/h5-8,11-16H,2-4,9-10H2,1H3,(H,26,27,30). The van der Waals surface area contributed by atoms with Gasteiger partial charge in [-0.05, 0) is 68.1 Å². The second kappa shape index (κ2) is 8.58. The van der Waals surface area contributed by atoms with Crippen LogP contribution in [0.15, 0.2) is 61.4 Å². The molecule has 9 nitrogen and oxygen atoms in total. The van der Waals surface area contributed by atoms with E-state index in [1.54, 1.807) is 29.4 Å². The molecule has 4 heterocycles. The van der Waals surface area contributed by atoms with Gasteiger partial charge in [0, 0.05) is 35.9 Å². The third kappa shape index (κ3) is 3.96. The fraction of sp³-hybridized carbons (Fsp3) is 0.240. The van der Waals surface area contributed by atoms with Crippen molar-refractivity contribution in [3.05, 3.63) is 67.0 Å². The van der Waals surface area contributed by atoms with E-state index in [0.29, 0.717) is 11.5 Å². The molecule has 34 heavy (non-hydrogen) atoms. The van der Waals surface area contributed by atoms with Gasteiger partial charge in [0.1, 0.15) is 30.5 Å². The number of fused-ring (bicyclic) bond motifs is 2. The van der Waals surface area contributed by atoms with Gasteiger partial charge in [-0.15, -0.1) is 10.2 Å². The highest BCUT2D eigenvalue weighted by Gasteiger charge is 2.13. The minimum absolute atomic E-state index is 0.469. The van der Waals surface area contributed by atoms with Crippen molar-refractivity contribution in [2.45, 2.75) is 26.2 Å². The zero-order chi connectivity index (χ0) is 22.9. The van der Waals surface area contributed by atoms with E-state index in [0.717, 1.165) is 46.8 Å². The number of ether oxygens (including phenoxy) is 1. The number of benzene rings is 2. The Balaban J connectivity index is 1.25. The molecule has 0 amide bonds. The van der Waals surface area contributed by atoms with Gasteiger partial charge in [0.15, 0.2) is 5.65 Å². The molecule has 1 fully saturated rings. The van der Waals surface area contributed by atoms with Crippen LogP contribution in [0.3, 0.4) is 0 Å². The molecular weight excluding hydrogens is 428 g/mol. The predicted octanol–water partition coefficient (Wildman–Crippen LogP) is 4.90. The Morgan fingerprint density at radius 3 is 2.71 bits per heavy atom. The summed E-state index contributed by atoms with van der Waals surface area (Å²) >= 11 is 0. The van der Waals surface area contributed by atoms with Crippen molar-refractivity contribution in [3.63, 3.8) is 0 Å². The number of piperidine rings is 1. The van der Waals surface area contributed by atoms with Crippen molar-refractivity contribution in [2.24, 2.45) is 0 Å². The summed E-state index contributed by atoms with van der Waals surface area (Å²) in [5.74, 6) is 1.98. The lowest BCUT2D eigenvalue weighted by Gasteiger charge is -2.29. The topological polar surface area (TPSA) is 93.4 Å². The van der Waals surface area contributed by atoms with Crippen molar-refractivity contribution in [3.8, 4) is 11.6 Å². The molecule has 0 spiro atoms. The van der Waals surface area contributed by atoms with Gasteiger partial charge in [-0.3, -0.25) is 4.40 Å². The zero-order valence-corrected chi connectivity index (χ0v) is 18.8. The van der Waals surface area contributed by atoms with E-state index in [4.69, 9.17) is 4.74 Å². The summed E-state index contributed by atoms with van der Waals surface area (Å²) in [5, 5.41) is 12.4. The maximum absolute atomic E-state index is 5.99. The molecule has 1 saturated heterocycles. The lowest BCUT2D eigenvalue weighted by molar-refractivity contribution is 0.458. The molecule has 0 bridgehead atoms. The molecule has 6 rings (SSSR count). The molecule has 2 aromatic carbocycles. The molecule has 0 atom stereocenters. The quantitative estimate of drug-likeness (QED) is 0.402. The summed E-state index contributed by atoms with van der Waals surface area (Å²) in [6, 6.07) is 14.1. The first-order valence-corrected chi connectivity index (χ1v) is 11.4. The maximum atomic E-state index is 5.99. The highest BCUT2D eigenvalue weighted by molar-refractivity contribution is 5.93. The first-order chi connectivity index (χ1) is 16.7. The molecule has 5 aromatic rings. The largest absolute Gasteiger partial charge is 0.439 e. The van der Waals surface area contributed by atoms with E-state index in [1.807, 2.05) is 25.1 Å². The second-order valence-corrected chi connectivity index (χ2v) is 8.50. The molecule has 0 radical (unpaired) electrons. The molecule has 0 unspecified atom stereocenters. The SMILES string of the molecule is Cc1cc(Nc2ncnc3ccc(N4CCCCC4)cc23)ccc1Oc1cc2nncn2cn1. The van der Waals surface area contributed by atoms with Gasteiger partial charge in [-0.1, -0.05) is 0 Å². The Labute approximate surface area is 196 Å². The van der Waals surface area contributed by atoms with Gasteiger partial charge in [-0.2, -0.15) is 0 Å². The van der Waals surface area contributed by atoms with Crippen LogP contribution >= 0.6 is 0 Å². The lowest BCUT2D eigenvalue weighted by atomic mass is 10.1. The van der Waals surface area contributed by atoms with E-state index in [1.165, 1.54) is 24.9 Å². The summed E-state index contributed by atoms with van der Waals surface area (Å²) in [4.78, 5) is 15.7. The van der Waals surface area contributed by atoms with Gasteiger partial charge in [0.25, 0.3) is 0 Å². The van der Waals surface area contributed by atoms with Crippen LogP contribution in [0.1, 0.15) is 24.8 Å². The molecule has 3 aromatic heterocycles. The molecule has 9 heteroatoms. The van der Waals surface area contributed by atoms with Gasteiger partial charge in [0.2, 0.25) is 5.88 Å². The minimum atomic E-state index is 0.469. The Kier molecular flexibility index (Phi) is 5.14. The van der Waals surface area contributed by atoms with Crippen LogP contribution < -0.4 is 15.0 Å². The van der Waals surface area contributed by atoms with Crippen molar-refractivity contribution >= 4 is 33.7 Å². The lowest BCUT2D eigenvalue weighted by Crippen LogP contribution is -2.29. The molecule has 1 N–H and O–H groups in total. The van der Waals surface area contributed by atoms with E-state index in [9.17, 15) is 0 Å². The van der Waals surface area contributed by atoms with Crippen LogP contribution in [-0.4, -0.2) is 42.6 Å². The summed E-state index contributed by atoms with van der Waals surface area (Å²) < 4.78 is 7.73. The fourth-order valence-electron chi connectivity index (χ4n) is 4.35. The first kappa shape index (κ1) is 20.3. The Morgan fingerprint density at radius 1 is 0.912 bits per heavy atom. The summed E-state index contributed by atoms with van der Waals surface area (Å²) in [7, 11) is 0. The molecule has 170 valence electrons. The zero-order valence-electron chi connectivity index (χ0n) is 18.8. The molecule has 0 saturated carbocycles. The minimum Gasteiger partial charge on any atom is -0.439 e. The van der Waals surface area contributed by atoms with Gasteiger partial charge < -0.3 is 15.0 Å². The molecule has 0 aliphatic carbocycles. The highest BCUT2D eigenvalue weighted by atomic mass is 16.5. The molecular formula is C25H24N8O. The third-order valence-corrected chi connectivity index (χ3v) is 6.16. The van der Waals surface area contributed by atoms with Crippen LogP contribution in [0, 0.1) is 6.92 Å². The fourth-order valence-corrected chi connectivity index (χ4v) is 4.35.